The van der Waals surface area contributed by atoms with Crippen molar-refractivity contribution < 1.29 is 72.2 Å². The maximum absolute atomic E-state index is 14.6. The summed E-state index contributed by atoms with van der Waals surface area (Å²) in [6.45, 7) is -2.59. The standard InChI is InChI=1S/C63H76N16O17/c64-46(28-16-30-67-62(65)76-78(90)91)56(84)69-36-52(80)71-49(34-54(82)94-38-43-22-10-3-11-23-43)59(87)74-48(32-41-18-6-1-7-19-41)58(86)73-47(29-17-31-68-63(66)77-79(92)93)57(85)70-37-53(81)72-50(35-55(83)95-39-44-24-12-4-13-25-44)60(88)75-51(33-42-20-8-2-9-21-42)61(89)96-40-45-26-14-5-15-27-45/h1-15,18-27,46-51H,16-17,28-40,64H2,(H,69,84)(H,70,85)(H,71,80)(H,72,81)(H,73,86)(H,74,87)(H,75,88)(H3,65,67,76)(H3,66,68,77)/t46-,47-,48-,49-,50-,51-/m0/s1. The van der Waals surface area contributed by atoms with Crippen molar-refractivity contribution in [1.29, 1.82) is 0 Å². The number of amides is 7. The molecule has 0 saturated heterocycles. The van der Waals surface area contributed by atoms with Crippen molar-refractivity contribution in [3.63, 3.8) is 0 Å². The molecule has 0 bridgehead atoms. The van der Waals surface area contributed by atoms with Crippen LogP contribution in [0.1, 0.15) is 66.3 Å². The molecule has 0 saturated carbocycles. The molecule has 0 radical (unpaired) electrons. The lowest BCUT2D eigenvalue weighted by atomic mass is 10.0. The molecule has 0 heterocycles. The lowest BCUT2D eigenvalue weighted by Crippen LogP contribution is -2.58. The van der Waals surface area contributed by atoms with Gasteiger partial charge in [-0.15, -0.1) is 0 Å². The van der Waals surface area contributed by atoms with Crippen molar-refractivity contribution >= 4 is 71.2 Å². The molecular weight excluding hydrogens is 1250 g/mol. The molecule has 0 aliphatic carbocycles. The lowest BCUT2D eigenvalue weighted by Gasteiger charge is -2.26. The number of carbonyl (C=O) groups is 10. The van der Waals surface area contributed by atoms with E-state index in [1.807, 2.05) is 0 Å². The zero-order valence-electron chi connectivity index (χ0n) is 52.0. The Kier molecular flexibility index (Phi) is 31.8. The van der Waals surface area contributed by atoms with Crippen LogP contribution in [0, 0.1) is 20.2 Å². The Bertz CT molecular complexity index is 3470. The number of hydrogen-bond donors (Lipinski definition) is 12. The first-order valence-corrected chi connectivity index (χ1v) is 30.0. The summed E-state index contributed by atoms with van der Waals surface area (Å²) in [7, 11) is 0. The maximum Gasteiger partial charge on any atom is 0.329 e. The number of guanidine groups is 2. The van der Waals surface area contributed by atoms with Crippen molar-refractivity contribution in [3.8, 4) is 0 Å². The molecule has 96 heavy (non-hydrogen) atoms. The third-order valence-corrected chi connectivity index (χ3v) is 13.7. The van der Waals surface area contributed by atoms with Gasteiger partial charge < -0.3 is 68.6 Å². The summed E-state index contributed by atoms with van der Waals surface area (Å²) in [4.78, 5) is 168. The van der Waals surface area contributed by atoms with E-state index in [0.29, 0.717) is 27.8 Å². The third-order valence-electron chi connectivity index (χ3n) is 13.7. The summed E-state index contributed by atoms with van der Waals surface area (Å²) < 4.78 is 16.5. The highest BCUT2D eigenvalue weighted by atomic mass is 16.7. The quantitative estimate of drug-likeness (QED) is 0.00437. The van der Waals surface area contributed by atoms with Crippen molar-refractivity contribution in [1.82, 2.24) is 48.1 Å². The summed E-state index contributed by atoms with van der Waals surface area (Å²) in [5.74, 6) is -10.9. The van der Waals surface area contributed by atoms with E-state index in [1.54, 1.807) is 163 Å². The largest absolute Gasteiger partial charge is 0.461 e. The van der Waals surface area contributed by atoms with Crippen LogP contribution < -0.4 is 65.3 Å². The number of aliphatic imine (C=N–C) groups is 2. The molecule has 33 nitrogen and oxygen atoms in total. The number of hydrogen-bond acceptors (Lipinski definition) is 20. The second-order valence-electron chi connectivity index (χ2n) is 21.2. The first-order chi connectivity index (χ1) is 46.1. The Morgan fingerprint density at radius 2 is 0.760 bits per heavy atom. The van der Waals surface area contributed by atoms with Gasteiger partial charge in [0, 0.05) is 25.9 Å². The molecule has 0 fully saturated rings. The predicted molar refractivity (Wildman–Crippen MR) is 344 cm³/mol. The SMILES string of the molecule is NC(=NCCC[C@H](NC(=O)[C@H](Cc1ccccc1)NC(=O)[C@H](CC(=O)OCc1ccccc1)NC(=O)CNC(=O)[C@@H](N)CCCN=C(N)N[N+](=O)[O-])C(=O)NCC(=O)N[C@@H](CC(=O)OCc1ccccc1)C(=O)N[C@@H](Cc1ccccc1)C(=O)OCc1ccccc1)N[N+](=O)[O-]. The fourth-order valence-corrected chi connectivity index (χ4v) is 8.84. The monoisotopic (exact) mass is 1330 g/mol. The Morgan fingerprint density at radius 3 is 1.18 bits per heavy atom. The smallest absolute Gasteiger partial charge is 0.329 e. The number of nitro groups is 2. The zero-order chi connectivity index (χ0) is 69.6. The van der Waals surface area contributed by atoms with E-state index < -0.39 is 143 Å². The Morgan fingerprint density at radius 1 is 0.417 bits per heavy atom. The molecule has 5 aromatic rings. The van der Waals surface area contributed by atoms with Crippen molar-refractivity contribution in [2.75, 3.05) is 26.2 Å². The number of benzene rings is 5. The summed E-state index contributed by atoms with van der Waals surface area (Å²) in [6.07, 6.45) is -2.22. The molecule has 510 valence electrons. The van der Waals surface area contributed by atoms with Gasteiger partial charge in [0.25, 0.3) is 11.9 Å². The molecule has 15 N–H and O–H groups in total. The number of nitrogens with one attached hydrogen (secondary N) is 9. The predicted octanol–water partition coefficient (Wildman–Crippen LogP) is -0.782. The van der Waals surface area contributed by atoms with Gasteiger partial charge in [-0.3, -0.25) is 43.2 Å². The van der Waals surface area contributed by atoms with Gasteiger partial charge in [0.2, 0.25) is 41.4 Å². The van der Waals surface area contributed by atoms with Crippen LogP contribution >= 0.6 is 0 Å². The highest BCUT2D eigenvalue weighted by Gasteiger charge is 2.34. The van der Waals surface area contributed by atoms with Crippen molar-refractivity contribution in [2.24, 2.45) is 27.2 Å². The number of rotatable bonds is 39. The van der Waals surface area contributed by atoms with Crippen LogP contribution in [0.25, 0.3) is 0 Å². The fourth-order valence-electron chi connectivity index (χ4n) is 8.84. The van der Waals surface area contributed by atoms with E-state index in [0.717, 1.165) is 0 Å². The van der Waals surface area contributed by atoms with Gasteiger partial charge >= 0.3 is 17.9 Å². The number of esters is 3. The molecule has 0 aromatic heterocycles. The topological polar surface area (TPSA) is 496 Å². The Labute approximate surface area is 550 Å². The molecule has 0 aliphatic heterocycles. The Hall–Kier alpha value is -11.9. The van der Waals surface area contributed by atoms with Crippen LogP contribution in [0.4, 0.5) is 0 Å². The average Bonchev–Trinajstić information content (AvgIpc) is 1.19. The van der Waals surface area contributed by atoms with Gasteiger partial charge in [-0.1, -0.05) is 163 Å². The van der Waals surface area contributed by atoms with Gasteiger partial charge in [0.15, 0.2) is 10.1 Å². The highest BCUT2D eigenvalue weighted by Crippen LogP contribution is 2.12. The van der Waals surface area contributed by atoms with Gasteiger partial charge in [-0.05, 0) is 53.5 Å². The normalized spacial score (nSPS) is 13.0. The number of carbonyl (C=O) groups excluding carboxylic acids is 10. The number of nitrogens with two attached hydrogens (primary N) is 3. The van der Waals surface area contributed by atoms with Gasteiger partial charge in [-0.2, -0.15) is 0 Å². The van der Waals surface area contributed by atoms with Crippen LogP contribution in [-0.4, -0.2) is 144 Å². The maximum atomic E-state index is 14.6. The molecule has 6 atom stereocenters. The molecule has 0 unspecified atom stereocenters. The van der Waals surface area contributed by atoms with Crippen LogP contribution in [-0.2, 0) is 94.8 Å². The minimum atomic E-state index is -1.79. The summed E-state index contributed by atoms with van der Waals surface area (Å²) in [5.41, 5.74) is 23.3. The molecule has 0 spiro atoms. The second kappa shape index (κ2) is 40.8. The first kappa shape index (κ1) is 74.8. The van der Waals surface area contributed by atoms with E-state index in [9.17, 15) is 68.2 Å². The fraction of sp³-hybridized carbons (Fsp3) is 0.333. The van der Waals surface area contributed by atoms with Crippen molar-refractivity contribution in [3.05, 3.63) is 200 Å². The van der Waals surface area contributed by atoms with Crippen LogP contribution in [0.15, 0.2) is 162 Å². The van der Waals surface area contributed by atoms with Crippen LogP contribution in [0.5, 0.6) is 0 Å². The number of hydrazine groups is 2. The molecular formula is C63H76N16O17. The van der Waals surface area contributed by atoms with Gasteiger partial charge in [0.1, 0.15) is 50.0 Å². The van der Waals surface area contributed by atoms with E-state index in [2.05, 4.69) is 47.2 Å². The number of ether oxygens (including phenoxy) is 3. The van der Waals surface area contributed by atoms with E-state index in [1.165, 1.54) is 0 Å². The molecule has 33 heteroatoms. The molecule has 5 aromatic carbocycles. The summed E-state index contributed by atoms with van der Waals surface area (Å²) in [5, 5.41) is 36.9. The first-order valence-electron chi connectivity index (χ1n) is 30.0. The summed E-state index contributed by atoms with van der Waals surface area (Å²) >= 11 is 0. The minimum absolute atomic E-state index is 0.00135. The van der Waals surface area contributed by atoms with E-state index in [4.69, 9.17) is 31.4 Å². The molecule has 7 amide bonds. The van der Waals surface area contributed by atoms with Crippen molar-refractivity contribution in [2.45, 2.75) is 107 Å². The minimum Gasteiger partial charge on any atom is -0.461 e. The number of nitrogens with zero attached hydrogens (tertiary/aromatic N) is 4. The highest BCUT2D eigenvalue weighted by molar-refractivity contribution is 5.98. The third kappa shape index (κ3) is 29.6. The van der Waals surface area contributed by atoms with Gasteiger partial charge in [0.05, 0.1) is 32.0 Å². The van der Waals surface area contributed by atoms with Crippen LogP contribution in [0.2, 0.25) is 0 Å². The lowest BCUT2D eigenvalue weighted by molar-refractivity contribution is -0.525. The Balaban J connectivity index is 1.36. The van der Waals surface area contributed by atoms with Crippen LogP contribution in [0.3, 0.4) is 0 Å². The van der Waals surface area contributed by atoms with E-state index >= 15 is 0 Å². The molecule has 0 aliphatic rings. The van der Waals surface area contributed by atoms with E-state index in [-0.39, 0.29) is 71.4 Å². The zero-order valence-corrected chi connectivity index (χ0v) is 52.0. The average molecular weight is 1330 g/mol. The van der Waals surface area contributed by atoms with Gasteiger partial charge in [-0.25, -0.2) is 35.0 Å². The second-order valence-corrected chi connectivity index (χ2v) is 21.2. The molecule has 5 rings (SSSR count). The summed E-state index contributed by atoms with van der Waals surface area (Å²) in [6, 6.07) is 33.2.